The average Bonchev–Trinajstić information content (AvgIpc) is 2.93. The van der Waals surface area contributed by atoms with Crippen LogP contribution in [0.1, 0.15) is 36.8 Å². The Labute approximate surface area is 128 Å². The quantitative estimate of drug-likeness (QED) is 0.882. The van der Waals surface area contributed by atoms with Gasteiger partial charge < -0.3 is 10.1 Å². The highest BCUT2D eigenvalue weighted by Crippen LogP contribution is 2.34. The molecule has 0 atom stereocenters. The number of fused-ring (bicyclic) bond motifs is 1. The van der Waals surface area contributed by atoms with Gasteiger partial charge in [0, 0.05) is 6.20 Å². The zero-order chi connectivity index (χ0) is 15.7. The van der Waals surface area contributed by atoms with Crippen LogP contribution in [0, 0.1) is 0 Å². The summed E-state index contributed by atoms with van der Waals surface area (Å²) in [6.07, 6.45) is 5.32. The van der Waals surface area contributed by atoms with E-state index in [0.717, 1.165) is 11.4 Å². The average molecular weight is 298 g/mol. The minimum absolute atomic E-state index is 0.329. The molecule has 2 aromatic rings. The second-order valence-corrected chi connectivity index (χ2v) is 5.59. The van der Waals surface area contributed by atoms with Gasteiger partial charge in [-0.15, -0.1) is 0 Å². The SMILES string of the molecule is CCOC(=O)c1cnn2c1NC(c1ccccn1)=CC2(C)C. The maximum absolute atomic E-state index is 12.1. The van der Waals surface area contributed by atoms with Gasteiger partial charge in [0.2, 0.25) is 0 Å². The second kappa shape index (κ2) is 5.29. The zero-order valence-electron chi connectivity index (χ0n) is 12.8. The van der Waals surface area contributed by atoms with Crippen molar-refractivity contribution in [3.63, 3.8) is 0 Å². The number of nitrogens with zero attached hydrogens (tertiary/aromatic N) is 3. The van der Waals surface area contributed by atoms with Crippen molar-refractivity contribution in [2.45, 2.75) is 26.3 Å². The Morgan fingerprint density at radius 3 is 2.91 bits per heavy atom. The van der Waals surface area contributed by atoms with Gasteiger partial charge in [0.15, 0.2) is 0 Å². The second-order valence-electron chi connectivity index (χ2n) is 5.59. The monoisotopic (exact) mass is 298 g/mol. The molecule has 2 aromatic heterocycles. The van der Waals surface area contributed by atoms with E-state index in [4.69, 9.17) is 4.74 Å². The van der Waals surface area contributed by atoms with Crippen molar-refractivity contribution in [1.82, 2.24) is 14.8 Å². The first kappa shape index (κ1) is 14.3. The molecule has 114 valence electrons. The molecule has 0 bridgehead atoms. The van der Waals surface area contributed by atoms with Crippen molar-refractivity contribution >= 4 is 17.5 Å². The van der Waals surface area contributed by atoms with E-state index in [2.05, 4.69) is 15.4 Å². The molecular formula is C16H18N4O2. The normalized spacial score (nSPS) is 15.5. The molecule has 1 aliphatic rings. The van der Waals surface area contributed by atoms with Crippen molar-refractivity contribution in [1.29, 1.82) is 0 Å². The Morgan fingerprint density at radius 2 is 2.23 bits per heavy atom. The predicted octanol–water partition coefficient (Wildman–Crippen LogP) is 2.66. The molecule has 3 heterocycles. The fourth-order valence-electron chi connectivity index (χ4n) is 2.50. The number of allylic oxidation sites excluding steroid dienone is 1. The Morgan fingerprint density at radius 1 is 1.41 bits per heavy atom. The van der Waals surface area contributed by atoms with Crippen LogP contribution in [-0.2, 0) is 10.3 Å². The topological polar surface area (TPSA) is 69.0 Å². The van der Waals surface area contributed by atoms with Crippen molar-refractivity contribution in [3.05, 3.63) is 47.9 Å². The van der Waals surface area contributed by atoms with E-state index in [1.165, 1.54) is 6.20 Å². The summed E-state index contributed by atoms with van der Waals surface area (Å²) in [7, 11) is 0. The first-order valence-electron chi connectivity index (χ1n) is 7.20. The highest BCUT2D eigenvalue weighted by molar-refractivity contribution is 5.97. The molecule has 22 heavy (non-hydrogen) atoms. The highest BCUT2D eigenvalue weighted by Gasteiger charge is 2.32. The molecule has 6 nitrogen and oxygen atoms in total. The smallest absolute Gasteiger partial charge is 0.343 e. The maximum atomic E-state index is 12.1. The molecule has 0 unspecified atom stereocenters. The van der Waals surface area contributed by atoms with E-state index >= 15 is 0 Å². The molecule has 0 amide bonds. The molecule has 0 spiro atoms. The number of carbonyl (C=O) groups is 1. The van der Waals surface area contributed by atoms with Crippen LogP contribution in [0.3, 0.4) is 0 Å². The summed E-state index contributed by atoms with van der Waals surface area (Å²) in [4.78, 5) is 16.4. The van der Waals surface area contributed by atoms with E-state index in [9.17, 15) is 4.79 Å². The Hall–Kier alpha value is -2.63. The van der Waals surface area contributed by atoms with Gasteiger partial charge in [-0.25, -0.2) is 9.48 Å². The number of aromatic nitrogens is 3. The number of esters is 1. The third kappa shape index (κ3) is 2.36. The van der Waals surface area contributed by atoms with Crippen LogP contribution in [0.15, 0.2) is 36.7 Å². The molecule has 0 aromatic carbocycles. The van der Waals surface area contributed by atoms with Crippen LogP contribution in [0.4, 0.5) is 5.82 Å². The largest absolute Gasteiger partial charge is 0.462 e. The minimum Gasteiger partial charge on any atom is -0.462 e. The van der Waals surface area contributed by atoms with E-state index in [0.29, 0.717) is 18.0 Å². The highest BCUT2D eigenvalue weighted by atomic mass is 16.5. The molecule has 0 fully saturated rings. The van der Waals surface area contributed by atoms with Gasteiger partial charge in [-0.05, 0) is 39.0 Å². The van der Waals surface area contributed by atoms with Gasteiger partial charge in [0.1, 0.15) is 11.4 Å². The molecule has 0 radical (unpaired) electrons. The summed E-state index contributed by atoms with van der Waals surface area (Å²) in [6, 6.07) is 5.72. The lowest BCUT2D eigenvalue weighted by Gasteiger charge is -2.31. The summed E-state index contributed by atoms with van der Waals surface area (Å²) >= 11 is 0. The maximum Gasteiger partial charge on any atom is 0.343 e. The van der Waals surface area contributed by atoms with Crippen molar-refractivity contribution in [2.75, 3.05) is 11.9 Å². The van der Waals surface area contributed by atoms with E-state index in [1.54, 1.807) is 17.8 Å². The molecule has 0 saturated carbocycles. The first-order chi connectivity index (χ1) is 10.5. The molecule has 0 aliphatic carbocycles. The summed E-state index contributed by atoms with van der Waals surface area (Å²) < 4.78 is 6.88. The molecule has 1 N–H and O–H groups in total. The van der Waals surface area contributed by atoms with Crippen LogP contribution < -0.4 is 5.32 Å². The molecule has 6 heteroatoms. The lowest BCUT2D eigenvalue weighted by atomic mass is 10.0. The lowest BCUT2D eigenvalue weighted by molar-refractivity contribution is 0.0527. The summed E-state index contributed by atoms with van der Waals surface area (Å²) in [5.41, 5.74) is 1.72. The molecular weight excluding hydrogens is 280 g/mol. The number of hydrogen-bond acceptors (Lipinski definition) is 5. The van der Waals surface area contributed by atoms with Crippen molar-refractivity contribution < 1.29 is 9.53 Å². The summed E-state index contributed by atoms with van der Waals surface area (Å²) in [5, 5.41) is 7.58. The van der Waals surface area contributed by atoms with E-state index in [-0.39, 0.29) is 11.5 Å². The predicted molar refractivity (Wildman–Crippen MR) is 83.3 cm³/mol. The lowest BCUT2D eigenvalue weighted by Crippen LogP contribution is -2.31. The van der Waals surface area contributed by atoms with Gasteiger partial charge in [0.25, 0.3) is 0 Å². The number of carbonyl (C=O) groups excluding carboxylic acids is 1. The van der Waals surface area contributed by atoms with Gasteiger partial charge >= 0.3 is 5.97 Å². The number of ether oxygens (including phenoxy) is 1. The van der Waals surface area contributed by atoms with Gasteiger partial charge in [-0.1, -0.05) is 6.07 Å². The van der Waals surface area contributed by atoms with Gasteiger partial charge in [-0.2, -0.15) is 5.10 Å². The summed E-state index contributed by atoms with van der Waals surface area (Å²) in [5.74, 6) is 0.251. The molecule has 3 rings (SSSR count). The number of pyridine rings is 1. The van der Waals surface area contributed by atoms with Crippen LogP contribution in [0.25, 0.3) is 5.70 Å². The standard InChI is InChI=1S/C16H18N4O2/c1-4-22-15(21)11-10-18-20-14(11)19-13(9-16(20,2)3)12-7-5-6-8-17-12/h5-10,19H,4H2,1-3H3. The number of anilines is 1. The molecule has 1 aliphatic heterocycles. The zero-order valence-corrected chi connectivity index (χ0v) is 12.8. The summed E-state index contributed by atoms with van der Waals surface area (Å²) in [6.45, 7) is 6.17. The van der Waals surface area contributed by atoms with Crippen molar-refractivity contribution in [2.24, 2.45) is 0 Å². The van der Waals surface area contributed by atoms with Crippen LogP contribution in [-0.4, -0.2) is 27.3 Å². The van der Waals surface area contributed by atoms with Crippen LogP contribution in [0.5, 0.6) is 0 Å². The van der Waals surface area contributed by atoms with Gasteiger partial charge in [-0.3, -0.25) is 4.98 Å². The number of hydrogen-bond donors (Lipinski definition) is 1. The minimum atomic E-state index is -0.380. The van der Waals surface area contributed by atoms with E-state index < -0.39 is 0 Å². The van der Waals surface area contributed by atoms with Gasteiger partial charge in [0.05, 0.1) is 29.7 Å². The third-order valence-corrected chi connectivity index (χ3v) is 3.50. The van der Waals surface area contributed by atoms with Crippen molar-refractivity contribution in [3.8, 4) is 0 Å². The number of nitrogens with one attached hydrogen (secondary N) is 1. The fourth-order valence-corrected chi connectivity index (χ4v) is 2.50. The number of rotatable bonds is 3. The first-order valence-corrected chi connectivity index (χ1v) is 7.20. The van der Waals surface area contributed by atoms with Crippen LogP contribution in [0.2, 0.25) is 0 Å². The van der Waals surface area contributed by atoms with Crippen LogP contribution >= 0.6 is 0 Å². The Kier molecular flexibility index (Phi) is 3.44. The fraction of sp³-hybridized carbons (Fsp3) is 0.312. The van der Waals surface area contributed by atoms with E-state index in [1.807, 2.05) is 38.1 Å². The third-order valence-electron chi connectivity index (χ3n) is 3.50. The molecule has 0 saturated heterocycles. The Balaban J connectivity index is 2.04. The Bertz CT molecular complexity index is 732.